The molecular weight excluding hydrogens is 410 g/mol. The monoisotopic (exact) mass is 429 g/mol. The van der Waals surface area contributed by atoms with Gasteiger partial charge in [-0.15, -0.1) is 0 Å². The molecular formula is C20H20ClN5O4. The van der Waals surface area contributed by atoms with Gasteiger partial charge in [-0.2, -0.15) is 0 Å². The molecule has 10 heteroatoms. The van der Waals surface area contributed by atoms with Crippen LogP contribution in [0.3, 0.4) is 0 Å². The van der Waals surface area contributed by atoms with Crippen LogP contribution in [0.2, 0.25) is 5.02 Å². The molecule has 1 fully saturated rings. The van der Waals surface area contributed by atoms with Crippen LogP contribution in [0.4, 0.5) is 11.4 Å². The van der Waals surface area contributed by atoms with Crippen LogP contribution in [0.15, 0.2) is 47.5 Å². The fraction of sp³-hybridized carbons (Fsp3) is 0.300. The first kappa shape index (κ1) is 20.1. The van der Waals surface area contributed by atoms with Gasteiger partial charge in [0.1, 0.15) is 18.0 Å². The van der Waals surface area contributed by atoms with Gasteiger partial charge in [-0.3, -0.25) is 19.8 Å². The second-order valence-electron chi connectivity index (χ2n) is 6.98. The largest absolute Gasteiger partial charge is 0.492 e. The number of H-pyrrole nitrogens is 1. The molecule has 2 heterocycles. The molecule has 0 atom stereocenters. The molecule has 1 N–H and O–H groups in total. The number of hydrogen-bond acceptors (Lipinski definition) is 7. The minimum absolute atomic E-state index is 0.0829. The summed E-state index contributed by atoms with van der Waals surface area (Å²) < 4.78 is 5.74. The average molecular weight is 430 g/mol. The Labute approximate surface area is 177 Å². The number of anilines is 1. The Kier molecular flexibility index (Phi) is 5.82. The van der Waals surface area contributed by atoms with E-state index in [1.807, 2.05) is 17.0 Å². The fourth-order valence-electron chi connectivity index (χ4n) is 3.53. The van der Waals surface area contributed by atoms with Crippen LogP contribution >= 0.6 is 11.6 Å². The maximum absolute atomic E-state index is 11.9. The van der Waals surface area contributed by atoms with E-state index in [0.717, 1.165) is 25.4 Å². The average Bonchev–Trinajstić information content (AvgIpc) is 2.75. The molecule has 1 aliphatic heterocycles. The first-order valence-electron chi connectivity index (χ1n) is 9.53. The van der Waals surface area contributed by atoms with Crippen LogP contribution in [-0.4, -0.2) is 59.1 Å². The van der Waals surface area contributed by atoms with Gasteiger partial charge in [0.2, 0.25) is 0 Å². The number of hydrogen-bond donors (Lipinski definition) is 1. The number of nitrogens with one attached hydrogen (secondary N) is 1. The lowest BCUT2D eigenvalue weighted by Crippen LogP contribution is -2.47. The number of nitro groups is 1. The van der Waals surface area contributed by atoms with Crippen molar-refractivity contribution in [3.05, 3.63) is 68.2 Å². The van der Waals surface area contributed by atoms with Crippen molar-refractivity contribution in [2.24, 2.45) is 0 Å². The topological polar surface area (TPSA) is 105 Å². The van der Waals surface area contributed by atoms with Crippen molar-refractivity contribution >= 4 is 33.9 Å². The highest BCUT2D eigenvalue weighted by molar-refractivity contribution is 6.30. The normalized spacial score (nSPS) is 14.8. The number of aromatic amines is 1. The maximum Gasteiger partial charge on any atom is 0.293 e. The first-order chi connectivity index (χ1) is 14.5. The van der Waals surface area contributed by atoms with Gasteiger partial charge in [0.05, 0.1) is 22.2 Å². The van der Waals surface area contributed by atoms with E-state index < -0.39 is 4.92 Å². The van der Waals surface area contributed by atoms with Gasteiger partial charge < -0.3 is 14.6 Å². The van der Waals surface area contributed by atoms with Crippen LogP contribution in [0, 0.1) is 10.1 Å². The number of halogens is 1. The smallest absolute Gasteiger partial charge is 0.293 e. The molecule has 2 aromatic carbocycles. The summed E-state index contributed by atoms with van der Waals surface area (Å²) in [6.45, 7) is 4.08. The molecule has 0 aliphatic carbocycles. The lowest BCUT2D eigenvalue weighted by Gasteiger charge is -2.35. The Morgan fingerprint density at radius 1 is 1.17 bits per heavy atom. The minimum atomic E-state index is -0.451. The molecule has 0 saturated carbocycles. The van der Waals surface area contributed by atoms with Gasteiger partial charge in [-0.25, -0.2) is 4.98 Å². The van der Waals surface area contributed by atoms with Crippen molar-refractivity contribution < 1.29 is 9.66 Å². The van der Waals surface area contributed by atoms with Gasteiger partial charge in [0, 0.05) is 43.8 Å². The minimum Gasteiger partial charge on any atom is -0.492 e. The summed E-state index contributed by atoms with van der Waals surface area (Å²) in [6, 6.07) is 10.2. The third-order valence-corrected chi connectivity index (χ3v) is 5.39. The number of rotatable bonds is 6. The Morgan fingerprint density at radius 3 is 2.60 bits per heavy atom. The molecule has 0 bridgehead atoms. The standard InChI is InChI=1S/C20H20ClN5O4/c21-14-1-3-15(4-2-14)30-10-9-24-5-7-25(8-6-24)18-12-17-16(11-19(18)26(28)29)20(27)23-13-22-17/h1-4,11-13H,5-10H2,(H,22,23,27). The lowest BCUT2D eigenvalue weighted by atomic mass is 10.1. The van der Waals surface area contributed by atoms with Crippen molar-refractivity contribution in [1.29, 1.82) is 0 Å². The number of ether oxygens (including phenoxy) is 1. The van der Waals surface area contributed by atoms with Crippen molar-refractivity contribution in [1.82, 2.24) is 14.9 Å². The van der Waals surface area contributed by atoms with E-state index in [0.29, 0.717) is 35.9 Å². The highest BCUT2D eigenvalue weighted by atomic mass is 35.5. The van der Waals surface area contributed by atoms with Crippen LogP contribution in [0.25, 0.3) is 10.9 Å². The van der Waals surface area contributed by atoms with Crippen LogP contribution in [-0.2, 0) is 0 Å². The van der Waals surface area contributed by atoms with E-state index in [1.54, 1.807) is 18.2 Å². The SMILES string of the molecule is O=c1[nH]cnc2cc(N3CCN(CCOc4ccc(Cl)cc4)CC3)c([N+](=O)[O-])cc12. The number of aromatic nitrogens is 2. The molecule has 0 radical (unpaired) electrons. The van der Waals surface area contributed by atoms with E-state index in [-0.39, 0.29) is 16.6 Å². The summed E-state index contributed by atoms with van der Waals surface area (Å²) in [5, 5.41) is 12.5. The molecule has 0 spiro atoms. The Bertz CT molecular complexity index is 1110. The number of nitrogens with zero attached hydrogens (tertiary/aromatic N) is 4. The Hall–Kier alpha value is -3.17. The van der Waals surface area contributed by atoms with E-state index in [1.165, 1.54) is 12.4 Å². The molecule has 3 aromatic rings. The third kappa shape index (κ3) is 4.37. The zero-order chi connectivity index (χ0) is 21.1. The van der Waals surface area contributed by atoms with E-state index in [2.05, 4.69) is 14.9 Å². The molecule has 0 amide bonds. The predicted octanol–water partition coefficient (Wildman–Crippen LogP) is 2.69. The molecule has 0 unspecified atom stereocenters. The zero-order valence-corrected chi connectivity index (χ0v) is 16.8. The van der Waals surface area contributed by atoms with Gasteiger partial charge in [-0.05, 0) is 30.3 Å². The number of fused-ring (bicyclic) bond motifs is 1. The summed E-state index contributed by atoms with van der Waals surface area (Å²) in [5.74, 6) is 0.771. The van der Waals surface area contributed by atoms with E-state index in [9.17, 15) is 14.9 Å². The van der Waals surface area contributed by atoms with Crippen molar-refractivity contribution in [2.45, 2.75) is 0 Å². The predicted molar refractivity (Wildman–Crippen MR) is 115 cm³/mol. The zero-order valence-electron chi connectivity index (χ0n) is 16.1. The molecule has 30 heavy (non-hydrogen) atoms. The van der Waals surface area contributed by atoms with Crippen molar-refractivity contribution in [3.8, 4) is 5.75 Å². The summed E-state index contributed by atoms with van der Waals surface area (Å²) in [4.78, 5) is 33.9. The third-order valence-electron chi connectivity index (χ3n) is 5.14. The fourth-order valence-corrected chi connectivity index (χ4v) is 3.65. The summed E-state index contributed by atoms with van der Waals surface area (Å²) in [5.41, 5.74) is 0.460. The first-order valence-corrected chi connectivity index (χ1v) is 9.90. The van der Waals surface area contributed by atoms with Crippen molar-refractivity contribution in [2.75, 3.05) is 44.2 Å². The quantitative estimate of drug-likeness (QED) is 0.474. The molecule has 1 saturated heterocycles. The lowest BCUT2D eigenvalue weighted by molar-refractivity contribution is -0.384. The molecule has 4 rings (SSSR count). The number of piperazine rings is 1. The Morgan fingerprint density at radius 2 is 1.90 bits per heavy atom. The van der Waals surface area contributed by atoms with Gasteiger partial charge in [0.15, 0.2) is 0 Å². The van der Waals surface area contributed by atoms with Crippen LogP contribution < -0.4 is 15.2 Å². The summed E-state index contributed by atoms with van der Waals surface area (Å²) >= 11 is 5.87. The van der Waals surface area contributed by atoms with E-state index >= 15 is 0 Å². The number of nitro benzene ring substituents is 1. The second kappa shape index (κ2) is 8.68. The second-order valence-corrected chi connectivity index (χ2v) is 7.41. The van der Waals surface area contributed by atoms with Gasteiger partial charge >= 0.3 is 0 Å². The Balaban J connectivity index is 1.40. The van der Waals surface area contributed by atoms with E-state index in [4.69, 9.17) is 16.3 Å². The van der Waals surface area contributed by atoms with Crippen LogP contribution in [0.5, 0.6) is 5.75 Å². The summed E-state index contributed by atoms with van der Waals surface area (Å²) in [6.07, 6.45) is 1.30. The molecule has 156 valence electrons. The maximum atomic E-state index is 11.9. The van der Waals surface area contributed by atoms with Crippen LogP contribution in [0.1, 0.15) is 0 Å². The van der Waals surface area contributed by atoms with Crippen molar-refractivity contribution in [3.63, 3.8) is 0 Å². The summed E-state index contributed by atoms with van der Waals surface area (Å²) in [7, 11) is 0. The number of benzene rings is 2. The molecule has 1 aromatic heterocycles. The van der Waals surface area contributed by atoms with Gasteiger partial charge in [-0.1, -0.05) is 11.6 Å². The molecule has 1 aliphatic rings. The highest BCUT2D eigenvalue weighted by Crippen LogP contribution is 2.32. The molecule has 9 nitrogen and oxygen atoms in total. The van der Waals surface area contributed by atoms with Gasteiger partial charge in [0.25, 0.3) is 11.2 Å². The highest BCUT2D eigenvalue weighted by Gasteiger charge is 2.25.